The molecule has 0 radical (unpaired) electrons. The van der Waals surface area contributed by atoms with E-state index in [0.29, 0.717) is 25.0 Å². The second kappa shape index (κ2) is 6.81. The van der Waals surface area contributed by atoms with Gasteiger partial charge in [-0.15, -0.1) is 0 Å². The van der Waals surface area contributed by atoms with Crippen LogP contribution in [-0.4, -0.2) is 29.0 Å². The highest BCUT2D eigenvalue weighted by Gasteiger charge is 2.31. The number of benzene rings is 1. The maximum absolute atomic E-state index is 11.1. The molecule has 2 rings (SSSR count). The topological polar surface area (TPSA) is 72.4 Å². The molecule has 1 aromatic carbocycles. The van der Waals surface area contributed by atoms with Gasteiger partial charge in [0.25, 0.3) is 5.69 Å². The minimum Gasteiger partial charge on any atom is -0.330 e. The highest BCUT2D eigenvalue weighted by molar-refractivity contribution is 5.39. The van der Waals surface area contributed by atoms with Crippen LogP contribution < -0.4 is 5.73 Å². The molecule has 0 aliphatic heterocycles. The maximum Gasteiger partial charge on any atom is 0.273 e. The Morgan fingerprint density at radius 3 is 2.80 bits per heavy atom. The van der Waals surface area contributed by atoms with Crippen molar-refractivity contribution in [2.75, 3.05) is 13.1 Å². The molecule has 0 spiro atoms. The van der Waals surface area contributed by atoms with Crippen LogP contribution in [0.3, 0.4) is 0 Å². The summed E-state index contributed by atoms with van der Waals surface area (Å²) < 4.78 is 0. The Balaban J connectivity index is 2.16. The zero-order valence-electron chi connectivity index (χ0n) is 12.0. The van der Waals surface area contributed by atoms with Crippen molar-refractivity contribution in [1.82, 2.24) is 4.90 Å². The van der Waals surface area contributed by atoms with Crippen molar-refractivity contribution in [1.29, 1.82) is 0 Å². The van der Waals surface area contributed by atoms with Crippen LogP contribution in [0.15, 0.2) is 24.3 Å². The van der Waals surface area contributed by atoms with E-state index in [1.165, 1.54) is 12.8 Å². The third-order valence-corrected chi connectivity index (χ3v) is 4.36. The van der Waals surface area contributed by atoms with Crippen molar-refractivity contribution in [3.8, 4) is 0 Å². The van der Waals surface area contributed by atoms with E-state index in [2.05, 4.69) is 11.8 Å². The van der Waals surface area contributed by atoms with Crippen LogP contribution in [-0.2, 0) is 6.54 Å². The van der Waals surface area contributed by atoms with Gasteiger partial charge in [-0.1, -0.05) is 31.5 Å². The molecule has 0 heterocycles. The van der Waals surface area contributed by atoms with Gasteiger partial charge in [0.1, 0.15) is 0 Å². The molecule has 20 heavy (non-hydrogen) atoms. The van der Waals surface area contributed by atoms with E-state index in [1.54, 1.807) is 12.1 Å². The molecule has 0 amide bonds. The summed E-state index contributed by atoms with van der Waals surface area (Å²) in [4.78, 5) is 13.1. The molecule has 0 bridgehead atoms. The lowest BCUT2D eigenvalue weighted by atomic mass is 10.0. The minimum absolute atomic E-state index is 0.216. The summed E-state index contributed by atoms with van der Waals surface area (Å²) in [5, 5.41) is 11.1. The van der Waals surface area contributed by atoms with Crippen LogP contribution in [0, 0.1) is 16.0 Å². The van der Waals surface area contributed by atoms with Gasteiger partial charge in [0.15, 0.2) is 0 Å². The smallest absolute Gasteiger partial charge is 0.273 e. The summed E-state index contributed by atoms with van der Waals surface area (Å²) in [7, 11) is 0. The Hall–Kier alpha value is -1.46. The van der Waals surface area contributed by atoms with Gasteiger partial charge in [-0.2, -0.15) is 0 Å². The second-order valence-corrected chi connectivity index (χ2v) is 5.44. The monoisotopic (exact) mass is 277 g/mol. The fraction of sp³-hybridized carbons (Fsp3) is 0.600. The average molecular weight is 277 g/mol. The van der Waals surface area contributed by atoms with Crippen molar-refractivity contribution in [3.63, 3.8) is 0 Å². The first kappa shape index (κ1) is 14.9. The highest BCUT2D eigenvalue weighted by atomic mass is 16.6. The van der Waals surface area contributed by atoms with Crippen molar-refractivity contribution >= 4 is 5.69 Å². The zero-order chi connectivity index (χ0) is 14.5. The summed E-state index contributed by atoms with van der Waals surface area (Å²) in [5.74, 6) is 0.526. The lowest BCUT2D eigenvalue weighted by Gasteiger charge is -2.31. The Kier molecular flexibility index (Phi) is 5.09. The van der Waals surface area contributed by atoms with Crippen molar-refractivity contribution in [2.24, 2.45) is 11.7 Å². The Morgan fingerprint density at radius 2 is 2.15 bits per heavy atom. The number of nitro groups is 1. The van der Waals surface area contributed by atoms with Crippen LogP contribution in [0.2, 0.25) is 0 Å². The number of nitro benzene ring substituents is 1. The van der Waals surface area contributed by atoms with E-state index in [9.17, 15) is 10.1 Å². The summed E-state index contributed by atoms with van der Waals surface area (Å²) in [6, 6.07) is 7.48. The molecule has 2 atom stereocenters. The summed E-state index contributed by atoms with van der Waals surface area (Å²) in [5.41, 5.74) is 6.86. The molecule has 1 aliphatic carbocycles. The molecule has 5 nitrogen and oxygen atoms in total. The van der Waals surface area contributed by atoms with E-state index in [4.69, 9.17) is 5.73 Å². The number of hydrogen-bond donors (Lipinski definition) is 1. The van der Waals surface area contributed by atoms with E-state index >= 15 is 0 Å². The third-order valence-electron chi connectivity index (χ3n) is 4.36. The van der Waals surface area contributed by atoms with Crippen molar-refractivity contribution in [3.05, 3.63) is 39.9 Å². The summed E-state index contributed by atoms with van der Waals surface area (Å²) in [6.45, 7) is 4.35. The molecule has 2 N–H and O–H groups in total. The first-order valence-corrected chi connectivity index (χ1v) is 7.33. The van der Waals surface area contributed by atoms with Gasteiger partial charge in [0.05, 0.1) is 4.92 Å². The normalized spacial score (nSPS) is 22.4. The number of para-hydroxylation sites is 1. The molecular weight excluding hydrogens is 254 g/mol. The quantitative estimate of drug-likeness (QED) is 0.640. The van der Waals surface area contributed by atoms with Gasteiger partial charge in [-0.05, 0) is 31.8 Å². The highest BCUT2D eigenvalue weighted by Crippen LogP contribution is 2.31. The third kappa shape index (κ3) is 3.16. The first-order valence-electron chi connectivity index (χ1n) is 7.33. The molecule has 1 aromatic rings. The van der Waals surface area contributed by atoms with Gasteiger partial charge in [0.2, 0.25) is 0 Å². The molecule has 0 saturated heterocycles. The van der Waals surface area contributed by atoms with E-state index in [-0.39, 0.29) is 10.6 Å². The molecule has 0 aromatic heterocycles. The van der Waals surface area contributed by atoms with Crippen LogP contribution in [0.4, 0.5) is 5.69 Å². The predicted molar refractivity (Wildman–Crippen MR) is 79.4 cm³/mol. The fourth-order valence-corrected chi connectivity index (χ4v) is 3.28. The Morgan fingerprint density at radius 1 is 1.40 bits per heavy atom. The van der Waals surface area contributed by atoms with E-state index < -0.39 is 0 Å². The largest absolute Gasteiger partial charge is 0.330 e. The Labute approximate surface area is 119 Å². The second-order valence-electron chi connectivity index (χ2n) is 5.44. The minimum atomic E-state index is -0.293. The van der Waals surface area contributed by atoms with Crippen LogP contribution >= 0.6 is 0 Å². The average Bonchev–Trinajstić information content (AvgIpc) is 2.93. The number of rotatable bonds is 6. The lowest BCUT2D eigenvalue weighted by molar-refractivity contribution is -0.385. The molecule has 5 heteroatoms. The molecule has 2 unspecified atom stereocenters. The number of hydrogen-bond acceptors (Lipinski definition) is 4. The van der Waals surface area contributed by atoms with Gasteiger partial charge in [0, 0.05) is 24.2 Å². The first-order chi connectivity index (χ1) is 9.67. The number of nitrogens with two attached hydrogens (primary N) is 1. The number of nitrogens with zero attached hydrogens (tertiary/aromatic N) is 2. The molecule has 1 saturated carbocycles. The van der Waals surface area contributed by atoms with Gasteiger partial charge in [-0.25, -0.2) is 0 Å². The van der Waals surface area contributed by atoms with E-state index in [0.717, 1.165) is 18.5 Å². The molecule has 1 fully saturated rings. The maximum atomic E-state index is 11.1. The summed E-state index contributed by atoms with van der Waals surface area (Å²) in [6.07, 6.45) is 3.53. The van der Waals surface area contributed by atoms with Crippen LogP contribution in [0.25, 0.3) is 0 Å². The van der Waals surface area contributed by atoms with Gasteiger partial charge in [-0.3, -0.25) is 15.0 Å². The summed E-state index contributed by atoms with van der Waals surface area (Å²) >= 11 is 0. The van der Waals surface area contributed by atoms with Gasteiger partial charge >= 0.3 is 0 Å². The Bertz CT molecular complexity index is 464. The molecular formula is C15H23N3O2. The van der Waals surface area contributed by atoms with Gasteiger partial charge < -0.3 is 5.73 Å². The van der Waals surface area contributed by atoms with E-state index in [1.807, 2.05) is 12.1 Å². The molecule has 1 aliphatic rings. The SMILES string of the molecule is CCN(Cc1ccccc1[N+](=O)[O-])C1CCCC1CN. The van der Waals surface area contributed by atoms with Crippen LogP contribution in [0.5, 0.6) is 0 Å². The fourth-order valence-electron chi connectivity index (χ4n) is 3.28. The zero-order valence-corrected chi connectivity index (χ0v) is 12.0. The standard InChI is InChI=1S/C15H23N3O2/c1-2-17(14-9-5-7-12(14)10-16)11-13-6-3-4-8-15(13)18(19)20/h3-4,6,8,12,14H,2,5,7,9-11,16H2,1H3. The molecule has 110 valence electrons. The lowest BCUT2D eigenvalue weighted by Crippen LogP contribution is -2.39. The van der Waals surface area contributed by atoms with Crippen LogP contribution in [0.1, 0.15) is 31.7 Å². The predicted octanol–water partition coefficient (Wildman–Crippen LogP) is 2.54. The van der Waals surface area contributed by atoms with Crippen molar-refractivity contribution in [2.45, 2.75) is 38.8 Å². The van der Waals surface area contributed by atoms with Crippen molar-refractivity contribution < 1.29 is 4.92 Å².